The molecule has 0 spiro atoms. The minimum Gasteiger partial charge on any atom is -0.444 e. The number of aryl methyl sites for hydroxylation is 1. The van der Waals surface area contributed by atoms with Crippen LogP contribution in [0.4, 0.5) is 9.59 Å². The zero-order chi connectivity index (χ0) is 17.9. The van der Waals surface area contributed by atoms with Gasteiger partial charge in [0.05, 0.1) is 6.04 Å². The first-order valence-electron chi connectivity index (χ1n) is 8.25. The van der Waals surface area contributed by atoms with Gasteiger partial charge in [0.15, 0.2) is 0 Å². The molecule has 0 fully saturated rings. The molecule has 2 rings (SSSR count). The Bertz CT molecular complexity index is 622. The molecule has 1 aromatic carbocycles. The van der Waals surface area contributed by atoms with E-state index in [9.17, 15) is 9.59 Å². The second-order valence-corrected chi connectivity index (χ2v) is 6.98. The lowest BCUT2D eigenvalue weighted by atomic mass is 10.1. The SMILES string of the molecule is CCN(C)C(=O)Oc1ccc2c(c1)C(NC(=O)OC(C)(C)C)CC2. The molecule has 0 saturated carbocycles. The molecule has 1 aliphatic carbocycles. The molecule has 6 nitrogen and oxygen atoms in total. The fourth-order valence-electron chi connectivity index (χ4n) is 2.55. The van der Waals surface area contributed by atoms with E-state index in [1.54, 1.807) is 13.1 Å². The van der Waals surface area contributed by atoms with Crippen molar-refractivity contribution < 1.29 is 19.1 Å². The van der Waals surface area contributed by atoms with E-state index < -0.39 is 17.8 Å². The van der Waals surface area contributed by atoms with Crippen molar-refractivity contribution in [3.63, 3.8) is 0 Å². The normalized spacial score (nSPS) is 16.3. The van der Waals surface area contributed by atoms with E-state index in [1.165, 1.54) is 4.90 Å². The maximum absolute atomic E-state index is 12.0. The summed E-state index contributed by atoms with van der Waals surface area (Å²) >= 11 is 0. The van der Waals surface area contributed by atoms with Gasteiger partial charge in [0.25, 0.3) is 0 Å². The van der Waals surface area contributed by atoms with Crippen molar-refractivity contribution >= 4 is 12.2 Å². The topological polar surface area (TPSA) is 67.9 Å². The third-order valence-electron chi connectivity index (χ3n) is 3.88. The number of carbonyl (C=O) groups excluding carboxylic acids is 2. The number of nitrogens with one attached hydrogen (secondary N) is 1. The van der Waals surface area contributed by atoms with E-state index in [0.717, 1.165) is 24.0 Å². The van der Waals surface area contributed by atoms with Crippen molar-refractivity contribution in [3.05, 3.63) is 29.3 Å². The average Bonchev–Trinajstić information content (AvgIpc) is 2.86. The number of nitrogens with zero attached hydrogens (tertiary/aromatic N) is 1. The van der Waals surface area contributed by atoms with Gasteiger partial charge in [0.1, 0.15) is 11.4 Å². The molecule has 1 unspecified atom stereocenters. The van der Waals surface area contributed by atoms with Crippen molar-refractivity contribution in [2.24, 2.45) is 0 Å². The third-order valence-corrected chi connectivity index (χ3v) is 3.88. The summed E-state index contributed by atoms with van der Waals surface area (Å²) in [7, 11) is 1.68. The molecule has 24 heavy (non-hydrogen) atoms. The zero-order valence-corrected chi connectivity index (χ0v) is 15.0. The van der Waals surface area contributed by atoms with Crippen LogP contribution in [0.15, 0.2) is 18.2 Å². The molecule has 132 valence electrons. The van der Waals surface area contributed by atoms with Crippen LogP contribution >= 0.6 is 0 Å². The standard InChI is InChI=1S/C18H26N2O4/c1-6-20(5)17(22)23-13-9-7-12-8-10-15(14(12)11-13)19-16(21)24-18(2,3)4/h7,9,11,15H,6,8,10H2,1-5H3,(H,19,21). The molecule has 0 heterocycles. The zero-order valence-electron chi connectivity index (χ0n) is 15.0. The van der Waals surface area contributed by atoms with E-state index in [-0.39, 0.29) is 6.04 Å². The van der Waals surface area contributed by atoms with Crippen LogP contribution < -0.4 is 10.1 Å². The molecule has 0 bridgehead atoms. The number of benzene rings is 1. The first-order chi connectivity index (χ1) is 11.2. The van der Waals surface area contributed by atoms with Gasteiger partial charge in [-0.25, -0.2) is 9.59 Å². The first-order valence-corrected chi connectivity index (χ1v) is 8.25. The predicted molar refractivity (Wildman–Crippen MR) is 91.2 cm³/mol. The van der Waals surface area contributed by atoms with Gasteiger partial charge in [-0.3, -0.25) is 0 Å². The Kier molecular flexibility index (Phi) is 5.36. The smallest absolute Gasteiger partial charge is 0.414 e. The van der Waals surface area contributed by atoms with Gasteiger partial charge in [0.2, 0.25) is 0 Å². The largest absolute Gasteiger partial charge is 0.444 e. The number of amides is 2. The lowest BCUT2D eigenvalue weighted by molar-refractivity contribution is 0.0503. The number of ether oxygens (including phenoxy) is 2. The number of alkyl carbamates (subject to hydrolysis) is 1. The fraction of sp³-hybridized carbons (Fsp3) is 0.556. The molecule has 0 radical (unpaired) electrons. The maximum atomic E-state index is 12.0. The average molecular weight is 334 g/mol. The number of hydrogen-bond donors (Lipinski definition) is 1. The maximum Gasteiger partial charge on any atom is 0.414 e. The van der Waals surface area contributed by atoms with Gasteiger partial charge >= 0.3 is 12.2 Å². The second-order valence-electron chi connectivity index (χ2n) is 6.98. The number of carbonyl (C=O) groups is 2. The van der Waals surface area contributed by atoms with Crippen molar-refractivity contribution in [2.75, 3.05) is 13.6 Å². The number of rotatable bonds is 3. The van der Waals surface area contributed by atoms with Gasteiger partial charge in [0, 0.05) is 13.6 Å². The summed E-state index contributed by atoms with van der Waals surface area (Å²) < 4.78 is 10.7. The summed E-state index contributed by atoms with van der Waals surface area (Å²) in [6.45, 7) is 7.95. The van der Waals surface area contributed by atoms with E-state index >= 15 is 0 Å². The Labute approximate surface area is 143 Å². The monoisotopic (exact) mass is 334 g/mol. The molecule has 6 heteroatoms. The molecule has 0 aromatic heterocycles. The highest BCUT2D eigenvalue weighted by atomic mass is 16.6. The van der Waals surface area contributed by atoms with Crippen LogP contribution in [-0.4, -0.2) is 36.3 Å². The summed E-state index contributed by atoms with van der Waals surface area (Å²) in [6.07, 6.45) is 0.847. The Hall–Kier alpha value is -2.24. The highest BCUT2D eigenvalue weighted by molar-refractivity contribution is 5.71. The van der Waals surface area contributed by atoms with Gasteiger partial charge in [-0.15, -0.1) is 0 Å². The van der Waals surface area contributed by atoms with Gasteiger partial charge < -0.3 is 19.7 Å². The van der Waals surface area contributed by atoms with E-state index in [2.05, 4.69) is 5.32 Å². The molecule has 1 aliphatic rings. The molecule has 2 amide bonds. The molecule has 1 N–H and O–H groups in total. The van der Waals surface area contributed by atoms with E-state index in [4.69, 9.17) is 9.47 Å². The fourth-order valence-corrected chi connectivity index (χ4v) is 2.55. The van der Waals surface area contributed by atoms with Crippen LogP contribution in [0.25, 0.3) is 0 Å². The molecule has 0 aliphatic heterocycles. The van der Waals surface area contributed by atoms with Crippen molar-refractivity contribution in [1.29, 1.82) is 0 Å². The molecule has 1 aromatic rings. The quantitative estimate of drug-likeness (QED) is 0.916. The molecular weight excluding hydrogens is 308 g/mol. The summed E-state index contributed by atoms with van der Waals surface area (Å²) in [5, 5.41) is 2.89. The highest BCUT2D eigenvalue weighted by Crippen LogP contribution is 2.34. The minimum atomic E-state index is -0.534. The predicted octanol–water partition coefficient (Wildman–Crippen LogP) is 3.65. The molecule has 0 saturated heterocycles. The Morgan fingerprint density at radius 2 is 2.04 bits per heavy atom. The lowest BCUT2D eigenvalue weighted by Crippen LogP contribution is -2.34. The van der Waals surface area contributed by atoms with E-state index in [0.29, 0.717) is 12.3 Å². The van der Waals surface area contributed by atoms with Gasteiger partial charge in [-0.1, -0.05) is 6.07 Å². The van der Waals surface area contributed by atoms with Crippen LogP contribution in [0.2, 0.25) is 0 Å². The second kappa shape index (κ2) is 7.11. The lowest BCUT2D eigenvalue weighted by Gasteiger charge is -2.22. The van der Waals surface area contributed by atoms with Crippen LogP contribution in [0.5, 0.6) is 5.75 Å². The van der Waals surface area contributed by atoms with Crippen LogP contribution in [0.3, 0.4) is 0 Å². The minimum absolute atomic E-state index is 0.127. The Balaban J connectivity index is 2.08. The van der Waals surface area contributed by atoms with Gasteiger partial charge in [-0.05, 0) is 63.8 Å². The molecule has 1 atom stereocenters. The Morgan fingerprint density at radius 1 is 1.33 bits per heavy atom. The Morgan fingerprint density at radius 3 is 2.67 bits per heavy atom. The summed E-state index contributed by atoms with van der Waals surface area (Å²) in [6, 6.07) is 5.43. The third kappa shape index (κ3) is 4.63. The van der Waals surface area contributed by atoms with E-state index in [1.807, 2.05) is 39.8 Å². The number of hydrogen-bond acceptors (Lipinski definition) is 4. The first kappa shape index (κ1) is 18.1. The van der Waals surface area contributed by atoms with Crippen molar-refractivity contribution in [3.8, 4) is 5.75 Å². The summed E-state index contributed by atoms with van der Waals surface area (Å²) in [5.41, 5.74) is 1.60. The van der Waals surface area contributed by atoms with Crippen molar-refractivity contribution in [2.45, 2.75) is 52.2 Å². The van der Waals surface area contributed by atoms with Crippen LogP contribution in [-0.2, 0) is 11.2 Å². The van der Waals surface area contributed by atoms with Crippen molar-refractivity contribution in [1.82, 2.24) is 10.2 Å². The summed E-state index contributed by atoms with van der Waals surface area (Å²) in [4.78, 5) is 25.4. The van der Waals surface area contributed by atoms with Gasteiger partial charge in [-0.2, -0.15) is 0 Å². The summed E-state index contributed by atoms with van der Waals surface area (Å²) in [5.74, 6) is 0.483. The van der Waals surface area contributed by atoms with Crippen LogP contribution in [0, 0.1) is 0 Å². The molecular formula is C18H26N2O4. The highest BCUT2D eigenvalue weighted by Gasteiger charge is 2.27. The number of fused-ring (bicyclic) bond motifs is 1. The van der Waals surface area contributed by atoms with Crippen LogP contribution in [0.1, 0.15) is 51.3 Å².